The summed E-state index contributed by atoms with van der Waals surface area (Å²) >= 11 is 0. The minimum absolute atomic E-state index is 0.164. The van der Waals surface area contributed by atoms with E-state index in [-0.39, 0.29) is 18.2 Å². The summed E-state index contributed by atoms with van der Waals surface area (Å²) in [5.41, 5.74) is 4.86. The minimum Gasteiger partial charge on any atom is -0.373 e. The van der Waals surface area contributed by atoms with Crippen LogP contribution >= 0.6 is 0 Å². The van der Waals surface area contributed by atoms with Crippen LogP contribution in [0.1, 0.15) is 23.1 Å². The lowest BCUT2D eigenvalue weighted by atomic mass is 10.1. The predicted molar refractivity (Wildman–Crippen MR) is 91.6 cm³/mol. The number of rotatable bonds is 3. The van der Waals surface area contributed by atoms with Crippen molar-refractivity contribution in [2.45, 2.75) is 33.2 Å². The summed E-state index contributed by atoms with van der Waals surface area (Å²) in [6.07, 6.45) is 0.180. The summed E-state index contributed by atoms with van der Waals surface area (Å²) < 4.78 is 0. The number of carbonyl (C=O) groups is 2. The predicted octanol–water partition coefficient (Wildman–Crippen LogP) is 3.36. The number of anilines is 2. The number of nitrogens with zero attached hydrogens (tertiary/aromatic N) is 1. The molecule has 2 amide bonds. The highest BCUT2D eigenvalue weighted by Crippen LogP contribution is 2.26. The maximum atomic E-state index is 12.6. The van der Waals surface area contributed by atoms with Gasteiger partial charge in [0.15, 0.2) is 0 Å². The van der Waals surface area contributed by atoms with Crippen LogP contribution < -0.4 is 10.2 Å². The van der Waals surface area contributed by atoms with Gasteiger partial charge in [-0.25, -0.2) is 4.90 Å². The molecule has 1 N–H and O–H groups in total. The van der Waals surface area contributed by atoms with Gasteiger partial charge in [0, 0.05) is 5.69 Å². The van der Waals surface area contributed by atoms with Gasteiger partial charge < -0.3 is 5.32 Å². The Morgan fingerprint density at radius 2 is 1.65 bits per heavy atom. The standard InChI is InChI=1S/C19H20N2O2/c1-12-4-7-15(8-5-12)20-17-11-18(22)21(19(17)23)16-9-6-13(2)14(3)10-16/h4-10,17,20H,11H2,1-3H3/t17-/m1/s1. The van der Waals surface area contributed by atoms with Crippen LogP contribution in [0, 0.1) is 20.8 Å². The van der Waals surface area contributed by atoms with Crippen molar-refractivity contribution in [2.24, 2.45) is 0 Å². The first kappa shape index (κ1) is 15.3. The number of carbonyl (C=O) groups excluding carboxylic acids is 2. The molecule has 1 atom stereocenters. The van der Waals surface area contributed by atoms with Crippen LogP contribution in [0.4, 0.5) is 11.4 Å². The molecule has 0 aliphatic carbocycles. The number of amides is 2. The van der Waals surface area contributed by atoms with Crippen LogP contribution in [0.2, 0.25) is 0 Å². The van der Waals surface area contributed by atoms with Crippen LogP contribution in [-0.4, -0.2) is 17.9 Å². The van der Waals surface area contributed by atoms with Crippen molar-refractivity contribution in [1.82, 2.24) is 0 Å². The van der Waals surface area contributed by atoms with E-state index in [4.69, 9.17) is 0 Å². The Kier molecular flexibility index (Phi) is 3.90. The molecule has 1 fully saturated rings. The smallest absolute Gasteiger partial charge is 0.256 e. The molecular weight excluding hydrogens is 288 g/mol. The third-order valence-corrected chi connectivity index (χ3v) is 4.29. The number of nitrogens with one attached hydrogen (secondary N) is 1. The van der Waals surface area contributed by atoms with Crippen LogP contribution in [0.3, 0.4) is 0 Å². The molecule has 0 saturated carbocycles. The zero-order valence-electron chi connectivity index (χ0n) is 13.6. The zero-order chi connectivity index (χ0) is 16.6. The van der Waals surface area contributed by atoms with Gasteiger partial charge in [-0.2, -0.15) is 0 Å². The Morgan fingerprint density at radius 1 is 0.957 bits per heavy atom. The molecule has 23 heavy (non-hydrogen) atoms. The number of imide groups is 1. The molecular formula is C19H20N2O2. The fraction of sp³-hybridized carbons (Fsp3) is 0.263. The fourth-order valence-corrected chi connectivity index (χ4v) is 2.73. The minimum atomic E-state index is -0.508. The van der Waals surface area contributed by atoms with Crippen molar-refractivity contribution in [3.8, 4) is 0 Å². The van der Waals surface area contributed by atoms with Gasteiger partial charge >= 0.3 is 0 Å². The maximum Gasteiger partial charge on any atom is 0.256 e. The quantitative estimate of drug-likeness (QED) is 0.885. The van der Waals surface area contributed by atoms with Gasteiger partial charge in [-0.1, -0.05) is 23.8 Å². The van der Waals surface area contributed by atoms with Gasteiger partial charge in [0.25, 0.3) is 5.91 Å². The summed E-state index contributed by atoms with van der Waals surface area (Å²) in [5.74, 6) is -0.360. The largest absolute Gasteiger partial charge is 0.373 e. The van der Waals surface area contributed by atoms with E-state index in [1.54, 1.807) is 0 Å². The van der Waals surface area contributed by atoms with Gasteiger partial charge in [-0.3, -0.25) is 9.59 Å². The highest BCUT2D eigenvalue weighted by Gasteiger charge is 2.39. The first-order valence-electron chi connectivity index (χ1n) is 7.73. The molecule has 0 radical (unpaired) electrons. The first-order chi connectivity index (χ1) is 11.0. The number of hydrogen-bond acceptors (Lipinski definition) is 3. The Bertz CT molecular complexity index is 765. The third kappa shape index (κ3) is 2.97. The molecule has 0 aromatic heterocycles. The SMILES string of the molecule is Cc1ccc(N[C@@H]2CC(=O)N(c3ccc(C)c(C)c3)C2=O)cc1. The van der Waals surface area contributed by atoms with E-state index in [1.807, 2.05) is 63.2 Å². The average molecular weight is 308 g/mol. The first-order valence-corrected chi connectivity index (χ1v) is 7.73. The molecule has 2 aromatic carbocycles. The second-order valence-electron chi connectivity index (χ2n) is 6.10. The molecule has 4 heteroatoms. The van der Waals surface area contributed by atoms with E-state index in [9.17, 15) is 9.59 Å². The molecule has 1 aliphatic rings. The van der Waals surface area contributed by atoms with Crippen molar-refractivity contribution in [3.05, 3.63) is 59.2 Å². The second kappa shape index (κ2) is 5.88. The van der Waals surface area contributed by atoms with E-state index in [0.717, 1.165) is 22.4 Å². The molecule has 118 valence electrons. The van der Waals surface area contributed by atoms with Crippen molar-refractivity contribution in [3.63, 3.8) is 0 Å². The van der Waals surface area contributed by atoms with E-state index in [1.165, 1.54) is 4.90 Å². The van der Waals surface area contributed by atoms with Crippen molar-refractivity contribution in [1.29, 1.82) is 0 Å². The molecule has 0 spiro atoms. The van der Waals surface area contributed by atoms with E-state index >= 15 is 0 Å². The van der Waals surface area contributed by atoms with Gasteiger partial charge in [0.1, 0.15) is 6.04 Å². The Balaban J connectivity index is 1.82. The van der Waals surface area contributed by atoms with Gasteiger partial charge in [0.05, 0.1) is 12.1 Å². The van der Waals surface area contributed by atoms with E-state index in [0.29, 0.717) is 5.69 Å². The summed E-state index contributed by atoms with van der Waals surface area (Å²) in [6.45, 7) is 6.00. The highest BCUT2D eigenvalue weighted by molar-refractivity contribution is 6.23. The summed E-state index contributed by atoms with van der Waals surface area (Å²) in [5, 5.41) is 3.16. The fourth-order valence-electron chi connectivity index (χ4n) is 2.73. The Hall–Kier alpha value is -2.62. The lowest BCUT2D eigenvalue weighted by Gasteiger charge is -2.17. The Morgan fingerprint density at radius 3 is 2.30 bits per heavy atom. The topological polar surface area (TPSA) is 49.4 Å². The molecule has 3 rings (SSSR count). The molecule has 4 nitrogen and oxygen atoms in total. The number of benzene rings is 2. The van der Waals surface area contributed by atoms with Gasteiger partial charge in [-0.05, 0) is 56.2 Å². The van der Waals surface area contributed by atoms with Gasteiger partial charge in [-0.15, -0.1) is 0 Å². The van der Waals surface area contributed by atoms with E-state index < -0.39 is 6.04 Å². The van der Waals surface area contributed by atoms with Crippen LogP contribution in [0.15, 0.2) is 42.5 Å². The summed E-state index contributed by atoms with van der Waals surface area (Å²) in [4.78, 5) is 26.2. The van der Waals surface area contributed by atoms with Crippen LogP contribution in [-0.2, 0) is 9.59 Å². The zero-order valence-corrected chi connectivity index (χ0v) is 13.6. The molecule has 1 saturated heterocycles. The van der Waals surface area contributed by atoms with Crippen molar-refractivity contribution < 1.29 is 9.59 Å². The molecule has 2 aromatic rings. The highest BCUT2D eigenvalue weighted by atomic mass is 16.2. The monoisotopic (exact) mass is 308 g/mol. The lowest BCUT2D eigenvalue weighted by molar-refractivity contribution is -0.121. The third-order valence-electron chi connectivity index (χ3n) is 4.29. The maximum absolute atomic E-state index is 12.6. The lowest BCUT2D eigenvalue weighted by Crippen LogP contribution is -2.34. The molecule has 0 unspecified atom stereocenters. The normalized spacial score (nSPS) is 17.7. The number of hydrogen-bond donors (Lipinski definition) is 1. The van der Waals surface area contributed by atoms with Crippen LogP contribution in [0.25, 0.3) is 0 Å². The van der Waals surface area contributed by atoms with Crippen molar-refractivity contribution >= 4 is 23.2 Å². The van der Waals surface area contributed by atoms with Crippen molar-refractivity contribution in [2.75, 3.05) is 10.2 Å². The molecule has 1 aliphatic heterocycles. The molecule has 1 heterocycles. The molecule has 0 bridgehead atoms. The Labute approximate surface area is 136 Å². The van der Waals surface area contributed by atoms with Gasteiger partial charge in [0.2, 0.25) is 5.91 Å². The number of aryl methyl sites for hydroxylation is 3. The van der Waals surface area contributed by atoms with E-state index in [2.05, 4.69) is 5.32 Å². The summed E-state index contributed by atoms with van der Waals surface area (Å²) in [6, 6.07) is 12.9. The second-order valence-corrected chi connectivity index (χ2v) is 6.10. The van der Waals surface area contributed by atoms with Crippen LogP contribution in [0.5, 0.6) is 0 Å². The summed E-state index contributed by atoms with van der Waals surface area (Å²) in [7, 11) is 0. The average Bonchev–Trinajstić information content (AvgIpc) is 2.79.